The lowest BCUT2D eigenvalue weighted by Crippen LogP contribution is -1.90. The van der Waals surface area contributed by atoms with Crippen LogP contribution in [0, 0.1) is 18.3 Å². The maximum absolute atomic E-state index is 5.17. The summed E-state index contributed by atoms with van der Waals surface area (Å²) in [5.41, 5.74) is 1.11. The van der Waals surface area contributed by atoms with Gasteiger partial charge >= 0.3 is 0 Å². The van der Waals surface area contributed by atoms with Crippen molar-refractivity contribution in [3.05, 3.63) is 24.8 Å². The van der Waals surface area contributed by atoms with Crippen molar-refractivity contribution >= 4 is 0 Å². The molecule has 0 heterocycles. The Kier molecular flexibility index (Phi) is 3.55. The Labute approximate surface area is 57.3 Å². The molecule has 0 aliphatic carbocycles. The van der Waals surface area contributed by atoms with E-state index in [0.717, 1.165) is 12.0 Å². The van der Waals surface area contributed by atoms with E-state index in [-0.39, 0.29) is 5.92 Å². The van der Waals surface area contributed by atoms with Gasteiger partial charge in [0.15, 0.2) is 0 Å². The van der Waals surface area contributed by atoms with E-state index in [9.17, 15) is 0 Å². The third-order valence-electron chi connectivity index (χ3n) is 1.07. The standard InChI is InChI=1S/C9H12/c1-5-9(6-2)7-8(3)4/h1,6,9H,2-3,7H2,4H3. The second-order valence-electron chi connectivity index (χ2n) is 2.17. The second-order valence-corrected chi connectivity index (χ2v) is 2.17. The highest BCUT2D eigenvalue weighted by molar-refractivity contribution is 5.08. The Morgan fingerprint density at radius 1 is 1.89 bits per heavy atom. The zero-order valence-corrected chi connectivity index (χ0v) is 5.85. The van der Waals surface area contributed by atoms with Crippen molar-refractivity contribution in [3.63, 3.8) is 0 Å². The van der Waals surface area contributed by atoms with Crippen LogP contribution in [0.3, 0.4) is 0 Å². The molecule has 0 aromatic heterocycles. The van der Waals surface area contributed by atoms with Crippen LogP contribution in [0.2, 0.25) is 0 Å². The molecule has 9 heavy (non-hydrogen) atoms. The monoisotopic (exact) mass is 120 g/mol. The molecule has 0 amide bonds. The van der Waals surface area contributed by atoms with E-state index in [1.807, 2.05) is 6.92 Å². The molecule has 0 radical (unpaired) electrons. The van der Waals surface area contributed by atoms with E-state index >= 15 is 0 Å². The normalized spacial score (nSPS) is 11.6. The van der Waals surface area contributed by atoms with Crippen molar-refractivity contribution in [2.24, 2.45) is 5.92 Å². The van der Waals surface area contributed by atoms with E-state index in [1.165, 1.54) is 0 Å². The molecule has 0 bridgehead atoms. The van der Waals surface area contributed by atoms with Gasteiger partial charge in [0.2, 0.25) is 0 Å². The first-order valence-electron chi connectivity index (χ1n) is 2.93. The van der Waals surface area contributed by atoms with Crippen molar-refractivity contribution in [1.29, 1.82) is 0 Å². The topological polar surface area (TPSA) is 0 Å². The summed E-state index contributed by atoms with van der Waals surface area (Å²) in [7, 11) is 0. The van der Waals surface area contributed by atoms with Gasteiger partial charge in [-0.15, -0.1) is 19.6 Å². The summed E-state index contributed by atoms with van der Waals surface area (Å²) >= 11 is 0. The fourth-order valence-electron chi connectivity index (χ4n) is 0.586. The first-order chi connectivity index (χ1) is 4.20. The molecular formula is C9H12. The number of rotatable bonds is 3. The van der Waals surface area contributed by atoms with Crippen LogP contribution in [-0.2, 0) is 0 Å². The zero-order chi connectivity index (χ0) is 7.28. The summed E-state index contributed by atoms with van der Waals surface area (Å²) in [5, 5.41) is 0. The molecule has 0 N–H and O–H groups in total. The molecule has 0 rings (SSSR count). The maximum Gasteiger partial charge on any atom is 0.0414 e. The third kappa shape index (κ3) is 3.61. The van der Waals surface area contributed by atoms with Gasteiger partial charge in [0.1, 0.15) is 0 Å². The highest BCUT2D eigenvalue weighted by Gasteiger charge is 1.96. The molecule has 0 aromatic rings. The minimum Gasteiger partial charge on any atom is -0.119 e. The van der Waals surface area contributed by atoms with Gasteiger partial charge in [-0.05, 0) is 13.3 Å². The summed E-state index contributed by atoms with van der Waals surface area (Å²) in [6.07, 6.45) is 7.80. The van der Waals surface area contributed by atoms with E-state index in [4.69, 9.17) is 6.42 Å². The van der Waals surface area contributed by atoms with Crippen LogP contribution >= 0.6 is 0 Å². The third-order valence-corrected chi connectivity index (χ3v) is 1.07. The fraction of sp³-hybridized carbons (Fsp3) is 0.333. The molecule has 0 heteroatoms. The molecule has 1 unspecified atom stereocenters. The Morgan fingerprint density at radius 2 is 2.44 bits per heavy atom. The van der Waals surface area contributed by atoms with Crippen LogP contribution < -0.4 is 0 Å². The molecule has 48 valence electrons. The molecule has 0 saturated heterocycles. The van der Waals surface area contributed by atoms with Crippen LogP contribution in [-0.4, -0.2) is 0 Å². The molecule has 0 nitrogen and oxygen atoms in total. The molecule has 0 aromatic carbocycles. The van der Waals surface area contributed by atoms with Crippen LogP contribution in [0.25, 0.3) is 0 Å². The first-order valence-corrected chi connectivity index (χ1v) is 2.93. The van der Waals surface area contributed by atoms with E-state index in [1.54, 1.807) is 6.08 Å². The van der Waals surface area contributed by atoms with E-state index < -0.39 is 0 Å². The molecule has 1 atom stereocenters. The van der Waals surface area contributed by atoms with Crippen LogP contribution in [0.15, 0.2) is 24.8 Å². The quantitative estimate of drug-likeness (QED) is 0.396. The van der Waals surface area contributed by atoms with Gasteiger partial charge in [-0.3, -0.25) is 0 Å². The summed E-state index contributed by atoms with van der Waals surface area (Å²) in [5.74, 6) is 2.77. The number of hydrogen-bond donors (Lipinski definition) is 0. The Balaban J connectivity index is 3.73. The molecule has 0 saturated carbocycles. The van der Waals surface area contributed by atoms with Crippen molar-refractivity contribution in [1.82, 2.24) is 0 Å². The predicted molar refractivity (Wildman–Crippen MR) is 42.0 cm³/mol. The van der Waals surface area contributed by atoms with E-state index in [2.05, 4.69) is 19.1 Å². The van der Waals surface area contributed by atoms with Gasteiger partial charge in [-0.25, -0.2) is 0 Å². The smallest absolute Gasteiger partial charge is 0.0414 e. The first kappa shape index (κ1) is 8.04. The number of terminal acetylenes is 1. The molecular weight excluding hydrogens is 108 g/mol. The van der Waals surface area contributed by atoms with Crippen molar-refractivity contribution in [2.45, 2.75) is 13.3 Å². The van der Waals surface area contributed by atoms with Gasteiger partial charge in [0.25, 0.3) is 0 Å². The van der Waals surface area contributed by atoms with Gasteiger partial charge in [0.05, 0.1) is 0 Å². The predicted octanol–water partition coefficient (Wildman–Crippen LogP) is 2.39. The van der Waals surface area contributed by atoms with Crippen molar-refractivity contribution in [2.75, 3.05) is 0 Å². The fourth-order valence-corrected chi connectivity index (χ4v) is 0.586. The molecule has 0 fully saturated rings. The number of allylic oxidation sites excluding steroid dienone is 2. The highest BCUT2D eigenvalue weighted by Crippen LogP contribution is 2.08. The lowest BCUT2D eigenvalue weighted by atomic mass is 10.0. The van der Waals surface area contributed by atoms with E-state index in [0.29, 0.717) is 0 Å². The van der Waals surface area contributed by atoms with Crippen LogP contribution in [0.5, 0.6) is 0 Å². The van der Waals surface area contributed by atoms with Crippen LogP contribution in [0.1, 0.15) is 13.3 Å². The molecule has 0 aliphatic heterocycles. The SMILES string of the molecule is C#CC(C=C)CC(=C)C. The minimum absolute atomic E-state index is 0.169. The Morgan fingerprint density at radius 3 is 2.56 bits per heavy atom. The largest absolute Gasteiger partial charge is 0.119 e. The molecule has 0 spiro atoms. The highest BCUT2D eigenvalue weighted by atomic mass is 14.0. The van der Waals surface area contributed by atoms with Crippen molar-refractivity contribution < 1.29 is 0 Å². The number of hydrogen-bond acceptors (Lipinski definition) is 0. The van der Waals surface area contributed by atoms with Crippen LogP contribution in [0.4, 0.5) is 0 Å². The summed E-state index contributed by atoms with van der Waals surface area (Å²) in [6, 6.07) is 0. The van der Waals surface area contributed by atoms with Crippen molar-refractivity contribution in [3.8, 4) is 12.3 Å². The van der Waals surface area contributed by atoms with Gasteiger partial charge in [-0.1, -0.05) is 17.6 Å². The lowest BCUT2D eigenvalue weighted by molar-refractivity contribution is 0.827. The van der Waals surface area contributed by atoms with Gasteiger partial charge < -0.3 is 0 Å². The summed E-state index contributed by atoms with van der Waals surface area (Å²) < 4.78 is 0. The van der Waals surface area contributed by atoms with Gasteiger partial charge in [0, 0.05) is 5.92 Å². The maximum atomic E-state index is 5.17. The average molecular weight is 120 g/mol. The average Bonchev–Trinajstić information content (AvgIpc) is 1.82. The Bertz CT molecular complexity index is 146. The van der Waals surface area contributed by atoms with Gasteiger partial charge in [-0.2, -0.15) is 0 Å². The lowest BCUT2D eigenvalue weighted by Gasteiger charge is -2.01. The zero-order valence-electron chi connectivity index (χ0n) is 5.85. The summed E-state index contributed by atoms with van der Waals surface area (Å²) in [4.78, 5) is 0. The summed E-state index contributed by atoms with van der Waals surface area (Å²) in [6.45, 7) is 9.31. The Hall–Kier alpha value is -0.960. The molecule has 0 aliphatic rings. The minimum atomic E-state index is 0.169. The second kappa shape index (κ2) is 3.97.